The lowest BCUT2D eigenvalue weighted by Crippen LogP contribution is -2.30. The topological polar surface area (TPSA) is 29.9 Å². The van der Waals surface area contributed by atoms with E-state index in [1.54, 1.807) is 0 Å². The number of nitrogens with zero attached hydrogens (tertiary/aromatic N) is 2. The second-order valence-electron chi connectivity index (χ2n) is 4.93. The van der Waals surface area contributed by atoms with E-state index in [1.165, 1.54) is 43.3 Å². The Kier molecular flexibility index (Phi) is 3.10. The van der Waals surface area contributed by atoms with Crippen molar-refractivity contribution in [2.75, 3.05) is 13.1 Å². The highest BCUT2D eigenvalue weighted by Gasteiger charge is 2.13. The highest BCUT2D eigenvalue weighted by molar-refractivity contribution is 5.78. The lowest BCUT2D eigenvalue weighted by molar-refractivity contribution is 0.338. The maximum atomic E-state index is 4.48. The molecule has 0 aliphatic carbocycles. The molecule has 1 N–H and O–H groups in total. The highest BCUT2D eigenvalue weighted by Crippen LogP contribution is 2.17. The van der Waals surface area contributed by atoms with Crippen LogP contribution in [0.2, 0.25) is 0 Å². The van der Waals surface area contributed by atoms with Gasteiger partial charge < -0.3 is 5.32 Å². The number of fused-ring (bicyclic) bond motifs is 1. The zero-order valence-electron chi connectivity index (χ0n) is 10.1. The average molecular weight is 229 g/mol. The molecule has 0 radical (unpaired) electrons. The Hall–Kier alpha value is -1.35. The Balaban J connectivity index is 1.68. The number of aryl methyl sites for hydroxylation is 1. The van der Waals surface area contributed by atoms with Crippen LogP contribution >= 0.6 is 0 Å². The number of piperidine rings is 1. The van der Waals surface area contributed by atoms with Crippen molar-refractivity contribution in [2.24, 2.45) is 5.92 Å². The zero-order valence-corrected chi connectivity index (χ0v) is 10.1. The van der Waals surface area contributed by atoms with Gasteiger partial charge in [0.2, 0.25) is 0 Å². The Morgan fingerprint density at radius 3 is 3.18 bits per heavy atom. The number of nitrogens with one attached hydrogen (secondary N) is 1. The van der Waals surface area contributed by atoms with E-state index in [0.717, 1.165) is 12.5 Å². The zero-order chi connectivity index (χ0) is 11.5. The first-order valence-corrected chi connectivity index (χ1v) is 6.55. The van der Waals surface area contributed by atoms with Crippen LogP contribution in [0.4, 0.5) is 0 Å². The number of hydrogen-bond acceptors (Lipinski definition) is 2. The minimum absolute atomic E-state index is 0.826. The van der Waals surface area contributed by atoms with Gasteiger partial charge in [-0.25, -0.2) is 0 Å². The molecule has 1 aromatic heterocycles. The molecule has 0 amide bonds. The van der Waals surface area contributed by atoms with Crippen molar-refractivity contribution in [1.29, 1.82) is 0 Å². The molecule has 3 heteroatoms. The molecule has 2 heterocycles. The summed E-state index contributed by atoms with van der Waals surface area (Å²) in [7, 11) is 0. The molecule has 1 aromatic carbocycles. The molecule has 0 spiro atoms. The monoisotopic (exact) mass is 229 g/mol. The van der Waals surface area contributed by atoms with E-state index in [4.69, 9.17) is 0 Å². The summed E-state index contributed by atoms with van der Waals surface area (Å²) in [4.78, 5) is 0. The predicted molar refractivity (Wildman–Crippen MR) is 69.9 cm³/mol. The molecule has 0 bridgehead atoms. The fraction of sp³-hybridized carbons (Fsp3) is 0.500. The molecule has 1 aliphatic heterocycles. The van der Waals surface area contributed by atoms with Crippen LogP contribution in [0.5, 0.6) is 0 Å². The van der Waals surface area contributed by atoms with Crippen LogP contribution in [0, 0.1) is 5.92 Å². The Morgan fingerprint density at radius 1 is 1.35 bits per heavy atom. The van der Waals surface area contributed by atoms with E-state index in [9.17, 15) is 0 Å². The molecule has 90 valence electrons. The fourth-order valence-electron chi connectivity index (χ4n) is 2.68. The first kappa shape index (κ1) is 10.8. The molecule has 1 atom stereocenters. The van der Waals surface area contributed by atoms with Crippen LogP contribution in [-0.4, -0.2) is 22.9 Å². The van der Waals surface area contributed by atoms with Gasteiger partial charge in [0.15, 0.2) is 0 Å². The van der Waals surface area contributed by atoms with Gasteiger partial charge in [-0.2, -0.15) is 5.10 Å². The van der Waals surface area contributed by atoms with Gasteiger partial charge in [-0.1, -0.05) is 18.2 Å². The van der Waals surface area contributed by atoms with Gasteiger partial charge >= 0.3 is 0 Å². The van der Waals surface area contributed by atoms with E-state index in [-0.39, 0.29) is 0 Å². The molecule has 17 heavy (non-hydrogen) atoms. The van der Waals surface area contributed by atoms with Crippen LogP contribution in [0.25, 0.3) is 10.9 Å². The summed E-state index contributed by atoms with van der Waals surface area (Å²) >= 11 is 0. The van der Waals surface area contributed by atoms with Gasteiger partial charge in [0, 0.05) is 11.9 Å². The largest absolute Gasteiger partial charge is 0.316 e. The molecular formula is C14H19N3. The standard InChI is InChI=1S/C14H19N3/c1-2-6-14-13(5-1)11-16-17(14)9-7-12-4-3-8-15-10-12/h1-2,5-6,11-12,15H,3-4,7-10H2. The number of rotatable bonds is 3. The summed E-state index contributed by atoms with van der Waals surface area (Å²) in [6.07, 6.45) is 5.89. The van der Waals surface area contributed by atoms with Crippen LogP contribution in [-0.2, 0) is 6.54 Å². The number of benzene rings is 1. The van der Waals surface area contributed by atoms with Gasteiger partial charge in [0.25, 0.3) is 0 Å². The number of para-hydroxylation sites is 1. The van der Waals surface area contributed by atoms with Crippen LogP contribution in [0.1, 0.15) is 19.3 Å². The quantitative estimate of drug-likeness (QED) is 0.876. The van der Waals surface area contributed by atoms with Crippen molar-refractivity contribution in [1.82, 2.24) is 15.1 Å². The van der Waals surface area contributed by atoms with Gasteiger partial charge in [-0.3, -0.25) is 4.68 Å². The molecular weight excluding hydrogens is 210 g/mol. The van der Waals surface area contributed by atoms with Crippen LogP contribution < -0.4 is 5.32 Å². The summed E-state index contributed by atoms with van der Waals surface area (Å²) in [5, 5.41) is 9.19. The van der Waals surface area contributed by atoms with Crippen molar-refractivity contribution < 1.29 is 0 Å². The molecule has 3 rings (SSSR count). The van der Waals surface area contributed by atoms with Gasteiger partial charge in [-0.05, 0) is 44.3 Å². The summed E-state index contributed by atoms with van der Waals surface area (Å²) in [6.45, 7) is 3.42. The predicted octanol–water partition coefficient (Wildman–Crippen LogP) is 2.43. The second-order valence-corrected chi connectivity index (χ2v) is 4.93. The summed E-state index contributed by atoms with van der Waals surface area (Å²) in [5.41, 5.74) is 1.26. The fourth-order valence-corrected chi connectivity index (χ4v) is 2.68. The van der Waals surface area contributed by atoms with E-state index >= 15 is 0 Å². The van der Waals surface area contributed by atoms with Crippen molar-refractivity contribution in [2.45, 2.75) is 25.8 Å². The molecule has 1 aliphatic rings. The molecule has 1 fully saturated rings. The van der Waals surface area contributed by atoms with Crippen molar-refractivity contribution in [3.63, 3.8) is 0 Å². The molecule has 3 nitrogen and oxygen atoms in total. The highest BCUT2D eigenvalue weighted by atomic mass is 15.3. The Morgan fingerprint density at radius 2 is 2.29 bits per heavy atom. The first-order chi connectivity index (χ1) is 8.43. The second kappa shape index (κ2) is 4.88. The third kappa shape index (κ3) is 2.34. The van der Waals surface area contributed by atoms with Crippen molar-refractivity contribution in [3.05, 3.63) is 30.5 Å². The summed E-state index contributed by atoms with van der Waals surface area (Å²) in [5.74, 6) is 0.826. The van der Waals surface area contributed by atoms with Crippen molar-refractivity contribution in [3.8, 4) is 0 Å². The first-order valence-electron chi connectivity index (χ1n) is 6.55. The van der Waals surface area contributed by atoms with E-state index in [0.29, 0.717) is 0 Å². The molecule has 2 aromatic rings. The molecule has 1 unspecified atom stereocenters. The lowest BCUT2D eigenvalue weighted by atomic mass is 9.96. The minimum Gasteiger partial charge on any atom is -0.316 e. The molecule has 0 saturated carbocycles. The third-order valence-corrected chi connectivity index (χ3v) is 3.70. The van der Waals surface area contributed by atoms with Crippen LogP contribution in [0.15, 0.2) is 30.5 Å². The van der Waals surface area contributed by atoms with Crippen LogP contribution in [0.3, 0.4) is 0 Å². The summed E-state index contributed by atoms with van der Waals surface area (Å²) < 4.78 is 2.14. The van der Waals surface area contributed by atoms with E-state index in [1.807, 2.05) is 6.20 Å². The smallest absolute Gasteiger partial charge is 0.0682 e. The van der Waals surface area contributed by atoms with Gasteiger partial charge in [0.05, 0.1) is 11.7 Å². The van der Waals surface area contributed by atoms with E-state index in [2.05, 4.69) is 39.4 Å². The molecule has 1 saturated heterocycles. The number of aromatic nitrogens is 2. The Bertz CT molecular complexity index is 483. The maximum Gasteiger partial charge on any atom is 0.0682 e. The van der Waals surface area contributed by atoms with E-state index < -0.39 is 0 Å². The normalized spacial score (nSPS) is 20.8. The van der Waals surface area contributed by atoms with Crippen molar-refractivity contribution >= 4 is 10.9 Å². The third-order valence-electron chi connectivity index (χ3n) is 3.70. The maximum absolute atomic E-state index is 4.48. The van der Waals surface area contributed by atoms with Gasteiger partial charge in [-0.15, -0.1) is 0 Å². The average Bonchev–Trinajstić information content (AvgIpc) is 2.81. The SMILES string of the molecule is c1ccc2c(c1)cnn2CCC1CCCNC1. The minimum atomic E-state index is 0.826. The number of hydrogen-bond donors (Lipinski definition) is 1. The Labute approximate surface area is 102 Å². The lowest BCUT2D eigenvalue weighted by Gasteiger charge is -2.22. The summed E-state index contributed by atoms with van der Waals surface area (Å²) in [6, 6.07) is 8.44. The van der Waals surface area contributed by atoms with Gasteiger partial charge in [0.1, 0.15) is 0 Å².